The van der Waals surface area contributed by atoms with E-state index in [1.54, 1.807) is 16.7 Å². The van der Waals surface area contributed by atoms with Gasteiger partial charge in [-0.15, -0.1) is 0 Å². The van der Waals surface area contributed by atoms with E-state index in [1.165, 1.54) is 18.1 Å². The van der Waals surface area contributed by atoms with Gasteiger partial charge in [-0.1, -0.05) is 0 Å². The molecule has 1 aliphatic heterocycles. The summed E-state index contributed by atoms with van der Waals surface area (Å²) in [7, 11) is 1.53. The molecule has 0 bridgehead atoms. The molecule has 0 aromatic carbocycles. The topological polar surface area (TPSA) is 84.7 Å². The molecule has 7 heteroatoms. The van der Waals surface area contributed by atoms with Gasteiger partial charge >= 0.3 is 6.09 Å². The van der Waals surface area contributed by atoms with Crippen molar-refractivity contribution in [1.29, 1.82) is 0 Å². The number of rotatable bonds is 2. The summed E-state index contributed by atoms with van der Waals surface area (Å²) in [6.07, 6.45) is 0.289. The molecule has 2 aromatic heterocycles. The van der Waals surface area contributed by atoms with Crippen molar-refractivity contribution in [2.24, 2.45) is 0 Å². The van der Waals surface area contributed by atoms with Crippen LogP contribution in [-0.2, 0) is 0 Å². The lowest BCUT2D eigenvalue weighted by Crippen LogP contribution is -2.40. The number of fused-ring (bicyclic) bond motifs is 1. The van der Waals surface area contributed by atoms with Crippen molar-refractivity contribution in [1.82, 2.24) is 14.5 Å². The van der Waals surface area contributed by atoms with Crippen LogP contribution in [0.25, 0.3) is 11.0 Å². The summed E-state index contributed by atoms with van der Waals surface area (Å²) < 4.78 is 6.80. The van der Waals surface area contributed by atoms with Crippen LogP contribution >= 0.6 is 0 Å². The van der Waals surface area contributed by atoms with Gasteiger partial charge in [-0.2, -0.15) is 4.98 Å². The quantitative estimate of drug-likeness (QED) is 0.913. The molecule has 0 saturated carbocycles. The third kappa shape index (κ3) is 2.49. The van der Waals surface area contributed by atoms with Gasteiger partial charge in [0.1, 0.15) is 5.65 Å². The highest BCUT2D eigenvalue weighted by Crippen LogP contribution is 2.25. The second kappa shape index (κ2) is 5.67. The van der Waals surface area contributed by atoms with Crippen molar-refractivity contribution < 1.29 is 14.6 Å². The first-order valence-electron chi connectivity index (χ1n) is 7.14. The smallest absolute Gasteiger partial charge is 0.407 e. The Morgan fingerprint density at radius 1 is 1.27 bits per heavy atom. The second-order valence-electron chi connectivity index (χ2n) is 5.31. The summed E-state index contributed by atoms with van der Waals surface area (Å²) in [5.41, 5.74) is 0.461. The Hall–Kier alpha value is -2.57. The van der Waals surface area contributed by atoms with Crippen LogP contribution in [0.5, 0.6) is 5.88 Å². The molecule has 1 aliphatic rings. The number of piperidine rings is 1. The Bertz CT molecular complexity index is 763. The van der Waals surface area contributed by atoms with E-state index in [0.29, 0.717) is 37.5 Å². The van der Waals surface area contributed by atoms with E-state index >= 15 is 0 Å². The number of aromatic nitrogens is 2. The van der Waals surface area contributed by atoms with Crippen LogP contribution in [0.1, 0.15) is 18.9 Å². The molecular formula is C15H17N3O4. The molecule has 1 saturated heterocycles. The van der Waals surface area contributed by atoms with Crippen LogP contribution in [0.4, 0.5) is 4.79 Å². The van der Waals surface area contributed by atoms with Gasteiger partial charge in [0.25, 0.3) is 5.56 Å². The van der Waals surface area contributed by atoms with Crippen molar-refractivity contribution in [3.63, 3.8) is 0 Å². The van der Waals surface area contributed by atoms with E-state index in [2.05, 4.69) is 4.98 Å². The van der Waals surface area contributed by atoms with E-state index in [1.807, 2.05) is 6.07 Å². The minimum atomic E-state index is -0.913. The number of amides is 1. The van der Waals surface area contributed by atoms with E-state index in [4.69, 9.17) is 9.84 Å². The van der Waals surface area contributed by atoms with Crippen LogP contribution < -0.4 is 10.3 Å². The zero-order valence-electron chi connectivity index (χ0n) is 12.2. The number of hydrogen-bond donors (Lipinski definition) is 1. The normalized spacial score (nSPS) is 16.0. The molecule has 0 aliphatic carbocycles. The van der Waals surface area contributed by atoms with E-state index < -0.39 is 6.09 Å². The Balaban J connectivity index is 2.01. The monoisotopic (exact) mass is 303 g/mol. The average molecular weight is 303 g/mol. The minimum Gasteiger partial charge on any atom is -0.481 e. The zero-order chi connectivity index (χ0) is 15.7. The van der Waals surface area contributed by atoms with Crippen LogP contribution in [0.2, 0.25) is 0 Å². The summed E-state index contributed by atoms with van der Waals surface area (Å²) in [6.45, 7) is 0.847. The maximum Gasteiger partial charge on any atom is 0.407 e. The number of hydrogen-bond acceptors (Lipinski definition) is 4. The number of carboxylic acid groups (broad SMARTS) is 1. The van der Waals surface area contributed by atoms with Crippen molar-refractivity contribution in [2.75, 3.05) is 20.2 Å². The third-order valence-electron chi connectivity index (χ3n) is 4.06. The van der Waals surface area contributed by atoms with Gasteiger partial charge in [0, 0.05) is 36.7 Å². The van der Waals surface area contributed by atoms with Crippen LogP contribution in [0, 0.1) is 0 Å². The number of likely N-dealkylation sites (tertiary alicyclic amines) is 1. The van der Waals surface area contributed by atoms with E-state index in [9.17, 15) is 9.59 Å². The second-order valence-corrected chi connectivity index (χ2v) is 5.31. The van der Waals surface area contributed by atoms with Crippen LogP contribution in [0.15, 0.2) is 29.1 Å². The van der Waals surface area contributed by atoms with Gasteiger partial charge in [-0.05, 0) is 25.0 Å². The number of nitrogens with zero attached hydrogens (tertiary/aromatic N) is 3. The lowest BCUT2D eigenvalue weighted by atomic mass is 10.0. The molecule has 1 fully saturated rings. The Labute approximate surface area is 126 Å². The fraction of sp³-hybridized carbons (Fsp3) is 0.400. The summed E-state index contributed by atoms with van der Waals surface area (Å²) in [5.74, 6) is 0.454. The van der Waals surface area contributed by atoms with Crippen molar-refractivity contribution in [2.45, 2.75) is 18.9 Å². The highest BCUT2D eigenvalue weighted by Gasteiger charge is 2.25. The summed E-state index contributed by atoms with van der Waals surface area (Å²) >= 11 is 0. The van der Waals surface area contributed by atoms with Crippen LogP contribution in [-0.4, -0.2) is 45.9 Å². The molecule has 3 rings (SSSR count). The summed E-state index contributed by atoms with van der Waals surface area (Å²) in [6, 6.07) is 6.84. The number of pyridine rings is 2. The number of ether oxygens (including phenoxy) is 1. The first kappa shape index (κ1) is 14.4. The molecule has 0 atom stereocenters. The van der Waals surface area contributed by atoms with Crippen molar-refractivity contribution in [3.8, 4) is 5.88 Å². The highest BCUT2D eigenvalue weighted by atomic mass is 16.5. The van der Waals surface area contributed by atoms with Gasteiger partial charge in [0.05, 0.1) is 7.11 Å². The highest BCUT2D eigenvalue weighted by molar-refractivity contribution is 5.75. The lowest BCUT2D eigenvalue weighted by molar-refractivity contribution is 0.125. The Morgan fingerprint density at radius 3 is 2.59 bits per heavy atom. The average Bonchev–Trinajstić information content (AvgIpc) is 2.54. The van der Waals surface area contributed by atoms with Crippen molar-refractivity contribution >= 4 is 17.1 Å². The summed E-state index contributed by atoms with van der Waals surface area (Å²) in [5, 5.41) is 9.88. The fourth-order valence-electron chi connectivity index (χ4n) is 2.89. The number of methoxy groups -OCH3 is 1. The fourth-order valence-corrected chi connectivity index (χ4v) is 2.89. The molecule has 0 spiro atoms. The predicted octanol–water partition coefficient (Wildman–Crippen LogP) is 1.72. The molecule has 3 heterocycles. The predicted molar refractivity (Wildman–Crippen MR) is 80.4 cm³/mol. The molecule has 0 unspecified atom stereocenters. The molecular weight excluding hydrogens is 286 g/mol. The number of carbonyl (C=O) groups is 1. The molecule has 7 nitrogen and oxygen atoms in total. The first-order chi connectivity index (χ1) is 10.6. The third-order valence-corrected chi connectivity index (χ3v) is 4.06. The van der Waals surface area contributed by atoms with Gasteiger partial charge < -0.3 is 14.7 Å². The molecule has 1 amide bonds. The molecule has 22 heavy (non-hydrogen) atoms. The van der Waals surface area contributed by atoms with Crippen LogP contribution in [0.3, 0.4) is 0 Å². The van der Waals surface area contributed by atoms with Gasteiger partial charge in [-0.25, -0.2) is 4.79 Å². The lowest BCUT2D eigenvalue weighted by Gasteiger charge is -2.31. The van der Waals surface area contributed by atoms with E-state index in [0.717, 1.165) is 5.39 Å². The first-order valence-corrected chi connectivity index (χ1v) is 7.14. The maximum absolute atomic E-state index is 12.3. The van der Waals surface area contributed by atoms with Gasteiger partial charge in [0.15, 0.2) is 0 Å². The standard InChI is InChI=1S/C15H17N3O4/c1-22-12-4-2-10-3-5-13(19)18(14(10)16-12)11-6-8-17(9-7-11)15(20)21/h2-5,11H,6-9H2,1H3,(H,20,21). The molecule has 0 radical (unpaired) electrons. The van der Waals surface area contributed by atoms with Gasteiger partial charge in [0.2, 0.25) is 5.88 Å². The largest absolute Gasteiger partial charge is 0.481 e. The molecule has 1 N–H and O–H groups in total. The van der Waals surface area contributed by atoms with E-state index in [-0.39, 0.29) is 11.6 Å². The molecule has 2 aromatic rings. The van der Waals surface area contributed by atoms with Crippen molar-refractivity contribution in [3.05, 3.63) is 34.6 Å². The van der Waals surface area contributed by atoms with Gasteiger partial charge in [-0.3, -0.25) is 9.36 Å². The molecule has 116 valence electrons. The zero-order valence-corrected chi connectivity index (χ0v) is 12.2. The summed E-state index contributed by atoms with van der Waals surface area (Å²) in [4.78, 5) is 29.1. The Morgan fingerprint density at radius 2 is 1.95 bits per heavy atom. The maximum atomic E-state index is 12.3. The Kier molecular flexibility index (Phi) is 3.70. The minimum absolute atomic E-state index is 0.0496. The SMILES string of the molecule is COc1ccc2ccc(=O)n(C3CCN(C(=O)O)CC3)c2n1.